The van der Waals surface area contributed by atoms with Crippen molar-refractivity contribution in [3.63, 3.8) is 0 Å². The molecule has 0 N–H and O–H groups in total. The summed E-state index contributed by atoms with van der Waals surface area (Å²) in [5.74, 6) is 0.581. The molecule has 0 aliphatic rings. The highest BCUT2D eigenvalue weighted by molar-refractivity contribution is 9.10. The second kappa shape index (κ2) is 6.58. The Morgan fingerprint density at radius 2 is 1.95 bits per heavy atom. The van der Waals surface area contributed by atoms with Gasteiger partial charge in [-0.2, -0.15) is 0 Å². The zero-order valence-electron chi connectivity index (χ0n) is 12.0. The van der Waals surface area contributed by atoms with Crippen molar-refractivity contribution in [1.82, 2.24) is 9.55 Å². The van der Waals surface area contributed by atoms with Crippen molar-refractivity contribution in [1.29, 1.82) is 0 Å². The lowest BCUT2D eigenvalue weighted by molar-refractivity contribution is 0.398. The molecule has 0 aliphatic carbocycles. The van der Waals surface area contributed by atoms with E-state index in [4.69, 9.17) is 4.74 Å². The lowest BCUT2D eigenvalue weighted by Crippen LogP contribution is -1.97. The molecule has 1 aromatic carbocycles. The van der Waals surface area contributed by atoms with Gasteiger partial charge in [0.05, 0.1) is 30.9 Å². The summed E-state index contributed by atoms with van der Waals surface area (Å²) in [6.07, 6.45) is 5.52. The minimum atomic E-state index is 0.581. The van der Waals surface area contributed by atoms with Crippen LogP contribution in [0.5, 0.6) is 5.88 Å². The number of pyridine rings is 1. The Morgan fingerprint density at radius 1 is 1.14 bits per heavy atom. The summed E-state index contributed by atoms with van der Waals surface area (Å²) in [5, 5.41) is 0. The van der Waals surface area contributed by atoms with Gasteiger partial charge in [-0.1, -0.05) is 15.9 Å². The minimum Gasteiger partial charge on any atom is -0.481 e. The topological polar surface area (TPSA) is 39.4 Å². The third-order valence-electron chi connectivity index (χ3n) is 3.16. The molecular formula is C17H14BrN3O. The maximum Gasteiger partial charge on any atom is 0.213 e. The summed E-state index contributed by atoms with van der Waals surface area (Å²) in [7, 11) is 1.59. The van der Waals surface area contributed by atoms with E-state index < -0.39 is 0 Å². The van der Waals surface area contributed by atoms with Crippen LogP contribution in [0.1, 0.15) is 5.69 Å². The summed E-state index contributed by atoms with van der Waals surface area (Å²) in [6, 6.07) is 15.8. The molecule has 0 fully saturated rings. The lowest BCUT2D eigenvalue weighted by atomic mass is 10.3. The number of hydrogen-bond acceptors (Lipinski definition) is 3. The van der Waals surface area contributed by atoms with Gasteiger partial charge >= 0.3 is 0 Å². The molecular weight excluding hydrogens is 342 g/mol. The van der Waals surface area contributed by atoms with Crippen molar-refractivity contribution in [2.45, 2.75) is 0 Å². The predicted octanol–water partition coefficient (Wildman–Crippen LogP) is 4.39. The Labute approximate surface area is 137 Å². The molecule has 2 heterocycles. The van der Waals surface area contributed by atoms with E-state index in [-0.39, 0.29) is 0 Å². The van der Waals surface area contributed by atoms with Crippen molar-refractivity contribution in [2.75, 3.05) is 7.11 Å². The Bertz CT molecular complexity index is 776. The van der Waals surface area contributed by atoms with Crippen LogP contribution in [0.3, 0.4) is 0 Å². The number of aromatic nitrogens is 2. The Kier molecular flexibility index (Phi) is 4.34. The van der Waals surface area contributed by atoms with Crippen LogP contribution in [0.2, 0.25) is 0 Å². The normalized spacial score (nSPS) is 11.0. The average molecular weight is 356 g/mol. The zero-order chi connectivity index (χ0) is 15.4. The Balaban J connectivity index is 1.85. The number of ether oxygens (including phenoxy) is 1. The number of benzene rings is 1. The van der Waals surface area contributed by atoms with Crippen molar-refractivity contribution in [3.8, 4) is 11.6 Å². The van der Waals surface area contributed by atoms with E-state index in [0.717, 1.165) is 21.5 Å². The minimum absolute atomic E-state index is 0.581. The molecule has 0 amide bonds. The molecule has 2 aromatic heterocycles. The van der Waals surface area contributed by atoms with Gasteiger partial charge < -0.3 is 9.30 Å². The van der Waals surface area contributed by atoms with E-state index in [9.17, 15) is 0 Å². The van der Waals surface area contributed by atoms with Crippen molar-refractivity contribution >= 4 is 27.8 Å². The molecule has 110 valence electrons. The average Bonchev–Trinajstić information content (AvgIpc) is 3.02. The van der Waals surface area contributed by atoms with Crippen LogP contribution >= 0.6 is 15.9 Å². The van der Waals surface area contributed by atoms with Crippen LogP contribution in [0.25, 0.3) is 5.69 Å². The fourth-order valence-electron chi connectivity index (χ4n) is 2.05. The van der Waals surface area contributed by atoms with Crippen LogP contribution in [-0.2, 0) is 0 Å². The highest BCUT2D eigenvalue weighted by atomic mass is 79.9. The van der Waals surface area contributed by atoms with Crippen molar-refractivity contribution < 1.29 is 4.74 Å². The first-order valence-corrected chi connectivity index (χ1v) is 7.53. The molecule has 0 spiro atoms. The van der Waals surface area contributed by atoms with Gasteiger partial charge in [0.2, 0.25) is 5.88 Å². The van der Waals surface area contributed by atoms with E-state index >= 15 is 0 Å². The molecule has 0 aliphatic heterocycles. The molecule has 3 aromatic rings. The van der Waals surface area contributed by atoms with Crippen LogP contribution in [0, 0.1) is 0 Å². The van der Waals surface area contributed by atoms with E-state index in [1.165, 1.54) is 0 Å². The quantitative estimate of drug-likeness (QED) is 0.651. The standard InChI is InChI=1S/C17H14BrN3O/c1-22-17-9-6-14(11-20-17)19-12-16-3-2-10-21(16)15-7-4-13(18)5-8-15/h2-12H,1H3. The molecule has 0 radical (unpaired) electrons. The third kappa shape index (κ3) is 3.26. The smallest absolute Gasteiger partial charge is 0.213 e. The predicted molar refractivity (Wildman–Crippen MR) is 91.5 cm³/mol. The number of aliphatic imine (C=N–C) groups is 1. The molecule has 0 saturated heterocycles. The van der Waals surface area contributed by atoms with Gasteiger partial charge in [-0.25, -0.2) is 4.98 Å². The second-order valence-corrected chi connectivity index (χ2v) is 5.51. The van der Waals surface area contributed by atoms with Crippen LogP contribution in [0.15, 0.2) is 70.4 Å². The summed E-state index contributed by atoms with van der Waals surface area (Å²) >= 11 is 3.45. The van der Waals surface area contributed by atoms with Gasteiger partial charge in [-0.15, -0.1) is 0 Å². The Morgan fingerprint density at radius 3 is 2.64 bits per heavy atom. The van der Waals surface area contributed by atoms with Crippen LogP contribution in [-0.4, -0.2) is 22.9 Å². The maximum atomic E-state index is 5.04. The second-order valence-electron chi connectivity index (χ2n) is 4.60. The SMILES string of the molecule is COc1ccc(N=Cc2cccn2-c2ccc(Br)cc2)cn1. The van der Waals surface area contributed by atoms with E-state index in [1.54, 1.807) is 19.4 Å². The van der Waals surface area contributed by atoms with Gasteiger partial charge in [0.15, 0.2) is 0 Å². The highest BCUT2D eigenvalue weighted by Crippen LogP contribution is 2.17. The molecule has 0 saturated carbocycles. The highest BCUT2D eigenvalue weighted by Gasteiger charge is 2.01. The summed E-state index contributed by atoms with van der Waals surface area (Å²) < 4.78 is 8.17. The fourth-order valence-corrected chi connectivity index (χ4v) is 2.31. The molecule has 4 nitrogen and oxygen atoms in total. The van der Waals surface area contributed by atoms with Gasteiger partial charge in [-0.05, 0) is 42.5 Å². The number of hydrogen-bond donors (Lipinski definition) is 0. The van der Waals surface area contributed by atoms with E-state index in [2.05, 4.69) is 42.6 Å². The number of nitrogens with zero attached hydrogens (tertiary/aromatic N) is 3. The Hall–Kier alpha value is -2.40. The van der Waals surface area contributed by atoms with E-state index in [1.807, 2.05) is 42.7 Å². The van der Waals surface area contributed by atoms with Crippen molar-refractivity contribution in [2.24, 2.45) is 4.99 Å². The van der Waals surface area contributed by atoms with Crippen LogP contribution in [0.4, 0.5) is 5.69 Å². The fraction of sp³-hybridized carbons (Fsp3) is 0.0588. The van der Waals surface area contributed by atoms with Crippen molar-refractivity contribution in [3.05, 3.63) is 71.1 Å². The van der Waals surface area contributed by atoms with Gasteiger partial charge in [0.1, 0.15) is 0 Å². The van der Waals surface area contributed by atoms with E-state index in [0.29, 0.717) is 5.88 Å². The van der Waals surface area contributed by atoms with Gasteiger partial charge in [0, 0.05) is 22.4 Å². The van der Waals surface area contributed by atoms with Gasteiger partial charge in [0.25, 0.3) is 0 Å². The lowest BCUT2D eigenvalue weighted by Gasteiger charge is -2.06. The van der Waals surface area contributed by atoms with Crippen LogP contribution < -0.4 is 4.74 Å². The first-order valence-electron chi connectivity index (χ1n) is 6.74. The summed E-state index contributed by atoms with van der Waals surface area (Å²) in [6.45, 7) is 0. The van der Waals surface area contributed by atoms with Gasteiger partial charge in [-0.3, -0.25) is 4.99 Å². The largest absolute Gasteiger partial charge is 0.481 e. The summed E-state index contributed by atoms with van der Waals surface area (Å²) in [5.41, 5.74) is 2.87. The number of halogens is 1. The molecule has 0 unspecified atom stereocenters. The number of rotatable bonds is 4. The first kappa shape index (κ1) is 14.5. The summed E-state index contributed by atoms with van der Waals surface area (Å²) in [4.78, 5) is 8.59. The maximum absolute atomic E-state index is 5.04. The molecule has 0 bridgehead atoms. The third-order valence-corrected chi connectivity index (χ3v) is 3.69. The number of methoxy groups -OCH3 is 1. The molecule has 5 heteroatoms. The monoisotopic (exact) mass is 355 g/mol. The first-order chi connectivity index (χ1) is 10.8. The zero-order valence-corrected chi connectivity index (χ0v) is 13.6. The molecule has 3 rings (SSSR count). The molecule has 0 atom stereocenters. The molecule has 22 heavy (non-hydrogen) atoms.